The van der Waals surface area contributed by atoms with Gasteiger partial charge in [0.05, 0.1) is 6.04 Å². The summed E-state index contributed by atoms with van der Waals surface area (Å²) in [5.41, 5.74) is 0.883. The molecule has 0 aliphatic heterocycles. The fourth-order valence-corrected chi connectivity index (χ4v) is 1.72. The largest absolute Gasteiger partial charge is 0.348 e. The second kappa shape index (κ2) is 5.27. The third kappa shape index (κ3) is 3.81. The van der Waals surface area contributed by atoms with Crippen molar-refractivity contribution < 1.29 is 13.2 Å². The minimum Gasteiger partial charge on any atom is -0.348 e. The lowest BCUT2D eigenvalue weighted by molar-refractivity contribution is -0.121. The summed E-state index contributed by atoms with van der Waals surface area (Å²) in [5.74, 6) is -0.489. The van der Waals surface area contributed by atoms with Crippen LogP contribution in [0, 0.1) is 0 Å². The number of hydrogen-bond acceptors (Lipinski definition) is 4. The molecule has 0 unspecified atom stereocenters. The van der Waals surface area contributed by atoms with Gasteiger partial charge < -0.3 is 5.32 Å². The second-order valence-electron chi connectivity index (χ2n) is 3.98. The Morgan fingerprint density at radius 2 is 1.82 bits per heavy atom. The molecular weight excluding hydrogens is 240 g/mol. The Morgan fingerprint density at radius 1 is 1.29 bits per heavy atom. The molecule has 0 bridgehead atoms. The van der Waals surface area contributed by atoms with Crippen molar-refractivity contribution in [1.29, 1.82) is 0 Å². The fraction of sp³-hybridized carbons (Fsp3) is 0.455. The summed E-state index contributed by atoms with van der Waals surface area (Å²) >= 11 is 0. The standard InChI is InChI=1S/C11H16N2O3S/c1-8(10-4-6-12-7-5-10)13-11(14)9(2)17(3,15)16/h4-9H,1-3H3,(H,13,14)/t8-,9-/m1/s1. The molecule has 0 fully saturated rings. The van der Waals surface area contributed by atoms with Crippen LogP contribution in [0.2, 0.25) is 0 Å². The molecular formula is C11H16N2O3S. The van der Waals surface area contributed by atoms with E-state index in [0.29, 0.717) is 0 Å². The predicted octanol–water partition coefficient (Wildman–Crippen LogP) is 0.692. The number of pyridine rings is 1. The lowest BCUT2D eigenvalue weighted by Gasteiger charge is -2.16. The minimum atomic E-state index is -3.35. The maximum Gasteiger partial charge on any atom is 0.238 e. The quantitative estimate of drug-likeness (QED) is 0.860. The van der Waals surface area contributed by atoms with Crippen molar-refractivity contribution >= 4 is 15.7 Å². The maximum absolute atomic E-state index is 11.7. The lowest BCUT2D eigenvalue weighted by atomic mass is 10.1. The third-order valence-corrected chi connectivity index (χ3v) is 4.07. The first kappa shape index (κ1) is 13.6. The van der Waals surface area contributed by atoms with E-state index in [0.717, 1.165) is 11.8 Å². The van der Waals surface area contributed by atoms with E-state index >= 15 is 0 Å². The SMILES string of the molecule is C[C@H](C(=O)N[C@H](C)c1ccncc1)S(C)(=O)=O. The monoisotopic (exact) mass is 256 g/mol. The van der Waals surface area contributed by atoms with E-state index in [1.165, 1.54) is 6.92 Å². The summed E-state index contributed by atoms with van der Waals surface area (Å²) in [7, 11) is -3.35. The third-order valence-electron chi connectivity index (χ3n) is 2.58. The van der Waals surface area contributed by atoms with Crippen LogP contribution in [0.25, 0.3) is 0 Å². The summed E-state index contributed by atoms with van der Waals surface area (Å²) in [6.45, 7) is 3.17. The van der Waals surface area contributed by atoms with E-state index in [1.54, 1.807) is 31.5 Å². The number of nitrogens with one attached hydrogen (secondary N) is 1. The van der Waals surface area contributed by atoms with Gasteiger partial charge in [0, 0.05) is 18.6 Å². The van der Waals surface area contributed by atoms with Crippen LogP contribution in [0.1, 0.15) is 25.5 Å². The predicted molar refractivity (Wildman–Crippen MR) is 65.1 cm³/mol. The van der Waals surface area contributed by atoms with Crippen LogP contribution in [0.3, 0.4) is 0 Å². The Balaban J connectivity index is 2.71. The molecule has 0 aliphatic rings. The molecule has 1 rings (SSSR count). The van der Waals surface area contributed by atoms with Gasteiger partial charge in [-0.05, 0) is 31.5 Å². The van der Waals surface area contributed by atoms with Crippen LogP contribution in [0.5, 0.6) is 0 Å². The topological polar surface area (TPSA) is 76.1 Å². The van der Waals surface area contributed by atoms with E-state index in [-0.39, 0.29) is 6.04 Å². The fourth-order valence-electron chi connectivity index (χ4n) is 1.26. The van der Waals surface area contributed by atoms with Crippen molar-refractivity contribution in [1.82, 2.24) is 10.3 Å². The Bertz CT molecular complexity index is 485. The van der Waals surface area contributed by atoms with Crippen molar-refractivity contribution in [3.8, 4) is 0 Å². The number of rotatable bonds is 4. The van der Waals surface area contributed by atoms with Crippen LogP contribution in [-0.4, -0.2) is 30.8 Å². The Labute approximate surface area is 101 Å². The molecule has 1 amide bonds. The maximum atomic E-state index is 11.7. The first-order chi connectivity index (χ1) is 7.82. The molecule has 94 valence electrons. The molecule has 1 aromatic rings. The highest BCUT2D eigenvalue weighted by atomic mass is 32.2. The van der Waals surface area contributed by atoms with E-state index < -0.39 is 21.0 Å². The number of amides is 1. The minimum absolute atomic E-state index is 0.241. The molecule has 5 nitrogen and oxygen atoms in total. The van der Waals surface area contributed by atoms with E-state index in [4.69, 9.17) is 0 Å². The average Bonchev–Trinajstić information content (AvgIpc) is 2.27. The van der Waals surface area contributed by atoms with E-state index in [9.17, 15) is 13.2 Å². The number of sulfone groups is 1. The van der Waals surface area contributed by atoms with Crippen molar-refractivity contribution in [2.75, 3.05) is 6.26 Å². The van der Waals surface area contributed by atoms with Crippen LogP contribution in [0.15, 0.2) is 24.5 Å². The van der Waals surface area contributed by atoms with Crippen molar-refractivity contribution in [2.45, 2.75) is 25.1 Å². The first-order valence-electron chi connectivity index (χ1n) is 5.21. The summed E-state index contributed by atoms with van der Waals surface area (Å²) in [5, 5.41) is 1.62. The summed E-state index contributed by atoms with van der Waals surface area (Å²) in [6, 6.07) is 3.31. The molecule has 2 atom stereocenters. The summed E-state index contributed by atoms with van der Waals surface area (Å²) in [6.07, 6.45) is 4.30. The van der Waals surface area contributed by atoms with Crippen molar-refractivity contribution in [3.63, 3.8) is 0 Å². The van der Waals surface area contributed by atoms with Gasteiger partial charge in [0.25, 0.3) is 0 Å². The normalized spacial score (nSPS) is 15.0. The molecule has 0 aliphatic carbocycles. The van der Waals surface area contributed by atoms with Gasteiger partial charge in [-0.2, -0.15) is 0 Å². The molecule has 0 radical (unpaired) electrons. The molecule has 1 N–H and O–H groups in total. The van der Waals surface area contributed by atoms with Crippen LogP contribution >= 0.6 is 0 Å². The number of aromatic nitrogens is 1. The van der Waals surface area contributed by atoms with Gasteiger partial charge in [-0.25, -0.2) is 8.42 Å². The zero-order chi connectivity index (χ0) is 13.1. The molecule has 1 aromatic heterocycles. The van der Waals surface area contributed by atoms with Crippen LogP contribution in [-0.2, 0) is 14.6 Å². The van der Waals surface area contributed by atoms with Crippen molar-refractivity contribution in [3.05, 3.63) is 30.1 Å². The smallest absolute Gasteiger partial charge is 0.238 e. The van der Waals surface area contributed by atoms with Gasteiger partial charge in [-0.3, -0.25) is 9.78 Å². The van der Waals surface area contributed by atoms with Gasteiger partial charge in [-0.1, -0.05) is 0 Å². The Hall–Kier alpha value is -1.43. The highest BCUT2D eigenvalue weighted by Crippen LogP contribution is 2.11. The Morgan fingerprint density at radius 3 is 2.29 bits per heavy atom. The van der Waals surface area contributed by atoms with Crippen LogP contribution < -0.4 is 5.32 Å². The summed E-state index contributed by atoms with van der Waals surface area (Å²) in [4.78, 5) is 15.5. The number of nitrogens with zero attached hydrogens (tertiary/aromatic N) is 1. The molecule has 0 saturated heterocycles. The molecule has 17 heavy (non-hydrogen) atoms. The zero-order valence-electron chi connectivity index (χ0n) is 10.0. The zero-order valence-corrected chi connectivity index (χ0v) is 10.9. The van der Waals surface area contributed by atoms with Gasteiger partial charge >= 0.3 is 0 Å². The average molecular weight is 256 g/mol. The van der Waals surface area contributed by atoms with Gasteiger partial charge in [0.1, 0.15) is 5.25 Å². The second-order valence-corrected chi connectivity index (χ2v) is 6.35. The lowest BCUT2D eigenvalue weighted by Crippen LogP contribution is -2.38. The highest BCUT2D eigenvalue weighted by molar-refractivity contribution is 7.92. The highest BCUT2D eigenvalue weighted by Gasteiger charge is 2.24. The Kier molecular flexibility index (Phi) is 4.22. The molecule has 0 spiro atoms. The summed E-state index contributed by atoms with van der Waals surface area (Å²) < 4.78 is 22.4. The first-order valence-corrected chi connectivity index (χ1v) is 7.17. The number of carbonyl (C=O) groups is 1. The molecule has 0 saturated carbocycles. The van der Waals surface area contributed by atoms with E-state index in [1.807, 2.05) is 0 Å². The van der Waals surface area contributed by atoms with Gasteiger partial charge in [-0.15, -0.1) is 0 Å². The van der Waals surface area contributed by atoms with Crippen molar-refractivity contribution in [2.24, 2.45) is 0 Å². The molecule has 1 heterocycles. The van der Waals surface area contributed by atoms with Crippen LogP contribution in [0.4, 0.5) is 0 Å². The van der Waals surface area contributed by atoms with Gasteiger partial charge in [0.2, 0.25) is 5.91 Å². The molecule has 0 aromatic carbocycles. The molecule has 6 heteroatoms. The van der Waals surface area contributed by atoms with Gasteiger partial charge in [0.15, 0.2) is 9.84 Å². The van der Waals surface area contributed by atoms with E-state index in [2.05, 4.69) is 10.3 Å². The number of carbonyl (C=O) groups excluding carboxylic acids is 1. The number of hydrogen-bond donors (Lipinski definition) is 1.